The van der Waals surface area contributed by atoms with Gasteiger partial charge < -0.3 is 9.64 Å². The van der Waals surface area contributed by atoms with Gasteiger partial charge in [-0.15, -0.1) is 0 Å². The quantitative estimate of drug-likeness (QED) is 0.430. The molecule has 0 saturated carbocycles. The average Bonchev–Trinajstić information content (AvgIpc) is 2.90. The van der Waals surface area contributed by atoms with Gasteiger partial charge in [-0.1, -0.05) is 6.07 Å². The lowest BCUT2D eigenvalue weighted by Crippen LogP contribution is -2.57. The van der Waals surface area contributed by atoms with Crippen LogP contribution in [0.15, 0.2) is 18.2 Å². The van der Waals surface area contributed by atoms with Crippen molar-refractivity contribution in [3.63, 3.8) is 0 Å². The van der Waals surface area contributed by atoms with Gasteiger partial charge >= 0.3 is 6.09 Å². The highest BCUT2D eigenvalue weighted by Gasteiger charge is 2.47. The Hall–Kier alpha value is -3.30. The van der Waals surface area contributed by atoms with Crippen molar-refractivity contribution in [3.05, 3.63) is 39.4 Å². The van der Waals surface area contributed by atoms with Crippen LogP contribution in [0.25, 0.3) is 0 Å². The zero-order chi connectivity index (χ0) is 20.8. The molecule has 10 nitrogen and oxygen atoms in total. The minimum absolute atomic E-state index is 0.0322. The molecule has 148 valence electrons. The summed E-state index contributed by atoms with van der Waals surface area (Å²) in [5, 5.41) is 11.2. The zero-order valence-corrected chi connectivity index (χ0v) is 15.6. The molecule has 10 heteroatoms. The third-order valence-corrected chi connectivity index (χ3v) is 4.51. The molecule has 1 aromatic carbocycles. The van der Waals surface area contributed by atoms with Crippen LogP contribution in [-0.4, -0.2) is 50.2 Å². The zero-order valence-electron chi connectivity index (χ0n) is 15.6. The van der Waals surface area contributed by atoms with Gasteiger partial charge in [0, 0.05) is 12.5 Å². The number of rotatable bonds is 2. The summed E-state index contributed by atoms with van der Waals surface area (Å²) in [6.45, 7) is 4.65. The highest BCUT2D eigenvalue weighted by Crippen LogP contribution is 2.34. The van der Waals surface area contributed by atoms with E-state index in [0.717, 1.165) is 0 Å². The second kappa shape index (κ2) is 6.70. The van der Waals surface area contributed by atoms with Crippen molar-refractivity contribution in [2.45, 2.75) is 51.8 Å². The molecule has 0 spiro atoms. The number of hydrogen-bond donors (Lipinski definition) is 0. The Morgan fingerprint density at radius 3 is 2.54 bits per heavy atom. The number of nitro groups is 1. The van der Waals surface area contributed by atoms with E-state index in [2.05, 4.69) is 0 Å². The predicted molar refractivity (Wildman–Crippen MR) is 94.1 cm³/mol. The van der Waals surface area contributed by atoms with E-state index in [9.17, 15) is 29.3 Å². The summed E-state index contributed by atoms with van der Waals surface area (Å²) in [5.41, 5.74) is -0.768. The Morgan fingerprint density at radius 2 is 1.93 bits per heavy atom. The summed E-state index contributed by atoms with van der Waals surface area (Å²) in [4.78, 5) is 62.3. The van der Waals surface area contributed by atoms with Crippen LogP contribution in [0.5, 0.6) is 0 Å². The SMILES string of the molecule is CC(C)(C)OC(=O)N1C(=O)CCC(N2Cc3c(cccc3[N+](=O)[O-])C2=O)C1=O. The van der Waals surface area contributed by atoms with Gasteiger partial charge in [-0.3, -0.25) is 24.5 Å². The fraction of sp³-hybridized carbons (Fsp3) is 0.444. The molecule has 1 saturated heterocycles. The first-order valence-corrected chi connectivity index (χ1v) is 8.68. The lowest BCUT2D eigenvalue weighted by atomic mass is 10.0. The molecule has 0 aromatic heterocycles. The summed E-state index contributed by atoms with van der Waals surface area (Å²) in [7, 11) is 0. The highest BCUT2D eigenvalue weighted by molar-refractivity contribution is 6.13. The second-order valence-corrected chi connectivity index (χ2v) is 7.60. The summed E-state index contributed by atoms with van der Waals surface area (Å²) in [6, 6.07) is 3.06. The highest BCUT2D eigenvalue weighted by atomic mass is 16.6. The molecule has 0 radical (unpaired) electrons. The number of ether oxygens (including phenoxy) is 1. The first-order chi connectivity index (χ1) is 13.0. The number of piperidine rings is 1. The molecule has 28 heavy (non-hydrogen) atoms. The lowest BCUT2D eigenvalue weighted by molar-refractivity contribution is -0.385. The lowest BCUT2D eigenvalue weighted by Gasteiger charge is -2.34. The molecule has 4 amide bonds. The summed E-state index contributed by atoms with van der Waals surface area (Å²) >= 11 is 0. The molecular weight excluding hydrogens is 370 g/mol. The number of nitrogens with zero attached hydrogens (tertiary/aromatic N) is 3. The Bertz CT molecular complexity index is 903. The topological polar surface area (TPSA) is 127 Å². The van der Waals surface area contributed by atoms with Crippen LogP contribution < -0.4 is 0 Å². The van der Waals surface area contributed by atoms with E-state index in [4.69, 9.17) is 4.74 Å². The number of imide groups is 3. The molecule has 0 aliphatic carbocycles. The van der Waals surface area contributed by atoms with Crippen LogP contribution in [0.1, 0.15) is 49.5 Å². The number of amides is 4. The molecule has 1 unspecified atom stereocenters. The van der Waals surface area contributed by atoms with Crippen molar-refractivity contribution in [3.8, 4) is 0 Å². The first-order valence-electron chi connectivity index (χ1n) is 8.68. The van der Waals surface area contributed by atoms with Crippen molar-refractivity contribution in [1.29, 1.82) is 0 Å². The van der Waals surface area contributed by atoms with Crippen LogP contribution in [-0.2, 0) is 20.9 Å². The average molecular weight is 389 g/mol. The number of fused-ring (bicyclic) bond motifs is 1. The molecule has 0 bridgehead atoms. The van der Waals surface area contributed by atoms with E-state index < -0.39 is 40.4 Å². The molecule has 3 rings (SSSR count). The van der Waals surface area contributed by atoms with E-state index in [1.807, 2.05) is 0 Å². The van der Waals surface area contributed by atoms with Crippen molar-refractivity contribution in [2.24, 2.45) is 0 Å². The van der Waals surface area contributed by atoms with Crippen molar-refractivity contribution in [2.75, 3.05) is 0 Å². The fourth-order valence-electron chi connectivity index (χ4n) is 3.32. The monoisotopic (exact) mass is 389 g/mol. The van der Waals surface area contributed by atoms with Crippen LogP contribution >= 0.6 is 0 Å². The Morgan fingerprint density at radius 1 is 1.25 bits per heavy atom. The largest absolute Gasteiger partial charge is 0.443 e. The van der Waals surface area contributed by atoms with E-state index >= 15 is 0 Å². The second-order valence-electron chi connectivity index (χ2n) is 7.60. The normalized spacial score (nSPS) is 19.7. The standard InChI is InChI=1S/C18H19N3O7/c1-18(2,3)28-17(25)20-14(22)8-7-13(16(20)24)19-9-11-10(15(19)23)5-4-6-12(11)21(26)27/h4-6,13H,7-9H2,1-3H3. The van der Waals surface area contributed by atoms with Crippen LogP contribution in [0.4, 0.5) is 10.5 Å². The van der Waals surface area contributed by atoms with Crippen LogP contribution in [0.2, 0.25) is 0 Å². The smallest absolute Gasteiger partial charge is 0.424 e. The van der Waals surface area contributed by atoms with Gasteiger partial charge in [0.05, 0.1) is 22.6 Å². The molecule has 2 aliphatic heterocycles. The van der Waals surface area contributed by atoms with Crippen molar-refractivity contribution < 1.29 is 28.8 Å². The molecule has 1 atom stereocenters. The maximum Gasteiger partial charge on any atom is 0.424 e. The van der Waals surface area contributed by atoms with Gasteiger partial charge in [0.2, 0.25) is 5.91 Å². The molecule has 1 fully saturated rings. The summed E-state index contributed by atoms with van der Waals surface area (Å²) < 4.78 is 5.12. The van der Waals surface area contributed by atoms with Crippen molar-refractivity contribution in [1.82, 2.24) is 9.80 Å². The summed E-state index contributed by atoms with van der Waals surface area (Å²) in [5.74, 6) is -2.12. The number of benzene rings is 1. The molecular formula is C18H19N3O7. The molecule has 0 N–H and O–H groups in total. The van der Waals surface area contributed by atoms with Gasteiger partial charge in [-0.05, 0) is 33.3 Å². The van der Waals surface area contributed by atoms with Gasteiger partial charge in [0.25, 0.3) is 17.5 Å². The van der Waals surface area contributed by atoms with Crippen LogP contribution in [0, 0.1) is 10.1 Å². The van der Waals surface area contributed by atoms with Crippen LogP contribution in [0.3, 0.4) is 0 Å². The van der Waals surface area contributed by atoms with Gasteiger partial charge in [-0.25, -0.2) is 4.79 Å². The third kappa shape index (κ3) is 3.32. The number of carbonyl (C=O) groups excluding carboxylic acids is 4. The summed E-state index contributed by atoms with van der Waals surface area (Å²) in [6.07, 6.45) is -1.19. The van der Waals surface area contributed by atoms with E-state index in [1.54, 1.807) is 20.8 Å². The predicted octanol–water partition coefficient (Wildman–Crippen LogP) is 2.00. The number of hydrogen-bond acceptors (Lipinski definition) is 7. The maximum absolute atomic E-state index is 12.8. The molecule has 2 aliphatic rings. The minimum Gasteiger partial charge on any atom is -0.443 e. The number of likely N-dealkylation sites (tertiary alicyclic amines) is 1. The van der Waals surface area contributed by atoms with Gasteiger partial charge in [0.1, 0.15) is 11.6 Å². The van der Waals surface area contributed by atoms with Crippen molar-refractivity contribution >= 4 is 29.5 Å². The maximum atomic E-state index is 12.8. The molecule has 2 heterocycles. The number of nitro benzene ring substituents is 1. The Balaban J connectivity index is 1.88. The third-order valence-electron chi connectivity index (χ3n) is 4.51. The Kier molecular flexibility index (Phi) is 4.66. The minimum atomic E-state index is -1.10. The fourth-order valence-corrected chi connectivity index (χ4v) is 3.32. The number of carbonyl (C=O) groups is 4. The van der Waals surface area contributed by atoms with E-state index in [-0.39, 0.29) is 36.2 Å². The Labute approximate surface area is 160 Å². The molecule has 1 aromatic rings. The van der Waals surface area contributed by atoms with E-state index in [0.29, 0.717) is 4.90 Å². The van der Waals surface area contributed by atoms with E-state index in [1.165, 1.54) is 23.1 Å². The first kappa shape index (κ1) is 19.5. The van der Waals surface area contributed by atoms with Gasteiger partial charge in [0.15, 0.2) is 0 Å². The van der Waals surface area contributed by atoms with Gasteiger partial charge in [-0.2, -0.15) is 4.90 Å².